The lowest BCUT2D eigenvalue weighted by atomic mass is 10.0. The van der Waals surface area contributed by atoms with Crippen LogP contribution in [-0.4, -0.2) is 33.6 Å². The summed E-state index contributed by atoms with van der Waals surface area (Å²) in [6, 6.07) is 4.10. The highest BCUT2D eigenvalue weighted by atomic mass is 16.6. The van der Waals surface area contributed by atoms with Crippen LogP contribution in [0.1, 0.15) is 66.7 Å². The van der Waals surface area contributed by atoms with Crippen molar-refractivity contribution in [1.82, 2.24) is 14.9 Å². The number of ether oxygens (including phenoxy) is 2. The molecule has 0 radical (unpaired) electrons. The number of benzene rings is 1. The second-order valence-corrected chi connectivity index (χ2v) is 8.91. The molecule has 0 aliphatic carbocycles. The molecule has 1 saturated heterocycles. The normalized spacial score (nSPS) is 19.7. The van der Waals surface area contributed by atoms with Crippen molar-refractivity contribution in [2.45, 2.75) is 85.3 Å². The maximum atomic E-state index is 12.4. The van der Waals surface area contributed by atoms with Crippen LogP contribution in [-0.2, 0) is 25.6 Å². The molecular formula is C25H33N3O6. The van der Waals surface area contributed by atoms with Crippen LogP contribution in [0.2, 0.25) is 0 Å². The van der Waals surface area contributed by atoms with Crippen molar-refractivity contribution in [3.05, 3.63) is 67.0 Å². The molecule has 1 fully saturated rings. The molecule has 2 N–H and O–H groups in total. The van der Waals surface area contributed by atoms with E-state index in [9.17, 15) is 19.2 Å². The second-order valence-electron chi connectivity index (χ2n) is 8.91. The van der Waals surface area contributed by atoms with Gasteiger partial charge < -0.3 is 14.8 Å². The highest BCUT2D eigenvalue weighted by Gasteiger charge is 2.38. The van der Waals surface area contributed by atoms with Crippen molar-refractivity contribution >= 4 is 11.9 Å². The summed E-state index contributed by atoms with van der Waals surface area (Å²) in [6.07, 6.45) is 0.732. The molecule has 3 atom stereocenters. The minimum atomic E-state index is -0.643. The van der Waals surface area contributed by atoms with Gasteiger partial charge in [-0.05, 0) is 56.4 Å². The molecule has 3 unspecified atom stereocenters. The zero-order chi connectivity index (χ0) is 25.0. The molecule has 1 aromatic carbocycles. The van der Waals surface area contributed by atoms with Gasteiger partial charge in [0.2, 0.25) is 5.91 Å². The Morgan fingerprint density at radius 1 is 1.12 bits per heavy atom. The van der Waals surface area contributed by atoms with Crippen molar-refractivity contribution in [2.75, 3.05) is 0 Å². The predicted molar refractivity (Wildman–Crippen MR) is 126 cm³/mol. The number of carbonyl (C=O) groups is 2. The molecule has 2 heterocycles. The van der Waals surface area contributed by atoms with Crippen molar-refractivity contribution in [3.63, 3.8) is 0 Å². The zero-order valence-corrected chi connectivity index (χ0v) is 20.4. The topological polar surface area (TPSA) is 119 Å². The number of aromatic amines is 1. The van der Waals surface area contributed by atoms with Gasteiger partial charge in [-0.1, -0.05) is 19.1 Å². The summed E-state index contributed by atoms with van der Waals surface area (Å²) in [6.45, 7) is 10.1. The van der Waals surface area contributed by atoms with Crippen LogP contribution in [0.25, 0.3) is 0 Å². The van der Waals surface area contributed by atoms with Gasteiger partial charge in [-0.3, -0.25) is 23.9 Å². The van der Waals surface area contributed by atoms with Crippen LogP contribution in [0.5, 0.6) is 0 Å². The SMILES string of the molecule is CCC1OC(n2cc(C)c(=O)[nH]c2=O)CC1OC(=O)CCC(=O)NCc1cc(C)c(C)c(C)c1. The Labute approximate surface area is 198 Å². The minimum absolute atomic E-state index is 0.0228. The monoisotopic (exact) mass is 471 g/mol. The standard InChI is InChI=1S/C25H33N3O6/c1-6-19-20(11-22(33-19)28-13-16(4)24(31)27-25(28)32)34-23(30)8-7-21(29)26-12-18-9-14(2)17(5)15(3)10-18/h9-10,13,19-20,22H,6-8,11-12H2,1-5H3,(H,26,29)(H,27,31,32). The number of aryl methyl sites for hydroxylation is 3. The van der Waals surface area contributed by atoms with E-state index in [1.54, 1.807) is 6.92 Å². The van der Waals surface area contributed by atoms with Gasteiger partial charge in [-0.2, -0.15) is 0 Å². The summed E-state index contributed by atoms with van der Waals surface area (Å²) in [5.74, 6) is -0.717. The number of rotatable bonds is 8. The Morgan fingerprint density at radius 3 is 2.44 bits per heavy atom. The maximum absolute atomic E-state index is 12.4. The number of hydrogen-bond acceptors (Lipinski definition) is 6. The largest absolute Gasteiger partial charge is 0.459 e. The molecule has 0 spiro atoms. The van der Waals surface area contributed by atoms with Crippen LogP contribution in [0, 0.1) is 27.7 Å². The van der Waals surface area contributed by atoms with Crippen molar-refractivity contribution in [3.8, 4) is 0 Å². The maximum Gasteiger partial charge on any atom is 0.330 e. The third kappa shape index (κ3) is 6.02. The number of H-pyrrole nitrogens is 1. The molecule has 9 nitrogen and oxygen atoms in total. The molecule has 9 heteroatoms. The van der Waals surface area contributed by atoms with Crippen molar-refractivity contribution in [2.24, 2.45) is 0 Å². The highest BCUT2D eigenvalue weighted by Crippen LogP contribution is 2.31. The summed E-state index contributed by atoms with van der Waals surface area (Å²) in [7, 11) is 0. The Hall–Kier alpha value is -3.20. The van der Waals surface area contributed by atoms with Crippen LogP contribution < -0.4 is 16.6 Å². The van der Waals surface area contributed by atoms with Crippen LogP contribution in [0.15, 0.2) is 27.9 Å². The van der Waals surface area contributed by atoms with E-state index in [-0.39, 0.29) is 31.3 Å². The van der Waals surface area contributed by atoms with E-state index >= 15 is 0 Å². The lowest BCUT2D eigenvalue weighted by molar-refractivity contribution is -0.153. The molecule has 0 saturated carbocycles. The molecular weight excluding hydrogens is 438 g/mol. The Morgan fingerprint density at radius 2 is 1.79 bits per heavy atom. The summed E-state index contributed by atoms with van der Waals surface area (Å²) in [5, 5.41) is 2.85. The molecule has 3 rings (SSSR count). The first kappa shape index (κ1) is 25.4. The van der Waals surface area contributed by atoms with Crippen molar-refractivity contribution < 1.29 is 19.1 Å². The number of aromatic nitrogens is 2. The Balaban J connectivity index is 1.51. The lowest BCUT2D eigenvalue weighted by Gasteiger charge is -2.17. The van der Waals surface area contributed by atoms with Crippen LogP contribution in [0.4, 0.5) is 0 Å². The molecule has 0 bridgehead atoms. The van der Waals surface area contributed by atoms with Crippen LogP contribution >= 0.6 is 0 Å². The first-order chi connectivity index (χ1) is 16.1. The van der Waals surface area contributed by atoms with E-state index < -0.39 is 29.6 Å². The van der Waals surface area contributed by atoms with E-state index in [1.165, 1.54) is 27.5 Å². The van der Waals surface area contributed by atoms with E-state index in [4.69, 9.17) is 9.47 Å². The molecule has 2 aromatic rings. The van der Waals surface area contributed by atoms with E-state index in [2.05, 4.69) is 17.2 Å². The first-order valence-electron chi connectivity index (χ1n) is 11.6. The van der Waals surface area contributed by atoms with E-state index in [1.807, 2.05) is 32.9 Å². The first-order valence-corrected chi connectivity index (χ1v) is 11.6. The predicted octanol–water partition coefficient (Wildman–Crippen LogP) is 2.48. The number of carbonyl (C=O) groups excluding carboxylic acids is 2. The minimum Gasteiger partial charge on any atom is -0.459 e. The Kier molecular flexibility index (Phi) is 8.09. The van der Waals surface area contributed by atoms with Gasteiger partial charge in [-0.25, -0.2) is 4.79 Å². The number of esters is 1. The number of nitrogens with one attached hydrogen (secondary N) is 2. The van der Waals surface area contributed by atoms with Gasteiger partial charge in [0, 0.05) is 31.1 Å². The average Bonchev–Trinajstić information content (AvgIpc) is 3.19. The lowest BCUT2D eigenvalue weighted by Crippen LogP contribution is -2.33. The molecule has 1 amide bonds. The highest BCUT2D eigenvalue weighted by molar-refractivity contribution is 5.81. The fraction of sp³-hybridized carbons (Fsp3) is 0.520. The summed E-state index contributed by atoms with van der Waals surface area (Å²) in [5.41, 5.74) is 3.98. The fourth-order valence-electron chi connectivity index (χ4n) is 4.12. The fourth-order valence-corrected chi connectivity index (χ4v) is 4.12. The molecule has 1 aromatic heterocycles. The quantitative estimate of drug-likeness (QED) is 0.571. The molecule has 1 aliphatic heterocycles. The zero-order valence-electron chi connectivity index (χ0n) is 20.4. The molecule has 1 aliphatic rings. The van der Waals surface area contributed by atoms with Gasteiger partial charge in [0.1, 0.15) is 12.3 Å². The summed E-state index contributed by atoms with van der Waals surface area (Å²) < 4.78 is 12.8. The van der Waals surface area contributed by atoms with Gasteiger partial charge in [-0.15, -0.1) is 0 Å². The molecule has 184 valence electrons. The third-order valence-electron chi connectivity index (χ3n) is 6.35. The number of amides is 1. The van der Waals surface area contributed by atoms with Gasteiger partial charge in [0.15, 0.2) is 0 Å². The smallest absolute Gasteiger partial charge is 0.330 e. The molecule has 34 heavy (non-hydrogen) atoms. The van der Waals surface area contributed by atoms with Gasteiger partial charge >= 0.3 is 11.7 Å². The summed E-state index contributed by atoms with van der Waals surface area (Å²) >= 11 is 0. The average molecular weight is 472 g/mol. The number of hydrogen-bond donors (Lipinski definition) is 2. The van der Waals surface area contributed by atoms with E-state index in [0.717, 1.165) is 5.56 Å². The summed E-state index contributed by atoms with van der Waals surface area (Å²) in [4.78, 5) is 50.7. The number of nitrogens with zero attached hydrogens (tertiary/aromatic N) is 1. The van der Waals surface area contributed by atoms with Gasteiger partial charge in [0.05, 0.1) is 12.5 Å². The van der Waals surface area contributed by atoms with Crippen molar-refractivity contribution in [1.29, 1.82) is 0 Å². The Bertz CT molecular complexity index is 1160. The van der Waals surface area contributed by atoms with Crippen LogP contribution in [0.3, 0.4) is 0 Å². The van der Waals surface area contributed by atoms with Gasteiger partial charge in [0.25, 0.3) is 5.56 Å². The third-order valence-corrected chi connectivity index (χ3v) is 6.35. The van der Waals surface area contributed by atoms with E-state index in [0.29, 0.717) is 18.5 Å². The second kappa shape index (κ2) is 10.8.